The number of anilines is 1. The van der Waals surface area contributed by atoms with Gasteiger partial charge in [-0.1, -0.05) is 37.6 Å². The van der Waals surface area contributed by atoms with Crippen molar-refractivity contribution in [3.05, 3.63) is 64.2 Å². The van der Waals surface area contributed by atoms with Gasteiger partial charge in [0.2, 0.25) is 0 Å². The van der Waals surface area contributed by atoms with E-state index in [2.05, 4.69) is 19.2 Å². The zero-order valence-corrected chi connectivity index (χ0v) is 14.6. The number of hydrogen-bond acceptors (Lipinski definition) is 4. The molecule has 0 aliphatic rings. The number of nitrogens with zero attached hydrogens (tertiary/aromatic N) is 1. The standard InChI is InChI=1S/C19H17ClN2O3/c1-12(2)13-3-5-14(6-4-13)19(24)25-11-18(23)22-16-8-7-15(10-21)17(20)9-16/h3-9,12H,11H2,1-2H3,(H,22,23). The van der Waals surface area contributed by atoms with Crippen LogP contribution in [0.5, 0.6) is 0 Å². The fraction of sp³-hybridized carbons (Fsp3) is 0.211. The molecule has 1 N–H and O–H groups in total. The van der Waals surface area contributed by atoms with Crippen LogP contribution in [0.1, 0.15) is 41.3 Å². The Morgan fingerprint density at radius 1 is 1.20 bits per heavy atom. The van der Waals surface area contributed by atoms with Crippen LogP contribution in [0.25, 0.3) is 0 Å². The van der Waals surface area contributed by atoms with E-state index in [0.29, 0.717) is 22.7 Å². The second-order valence-electron chi connectivity index (χ2n) is 5.71. The number of hydrogen-bond donors (Lipinski definition) is 1. The minimum atomic E-state index is -0.566. The van der Waals surface area contributed by atoms with Crippen molar-refractivity contribution in [2.45, 2.75) is 19.8 Å². The first-order valence-corrected chi connectivity index (χ1v) is 8.05. The van der Waals surface area contributed by atoms with Crippen molar-refractivity contribution in [3.8, 4) is 6.07 Å². The van der Waals surface area contributed by atoms with Crippen molar-refractivity contribution in [2.75, 3.05) is 11.9 Å². The second kappa shape index (κ2) is 8.32. The molecule has 128 valence electrons. The predicted molar refractivity (Wildman–Crippen MR) is 95.6 cm³/mol. The molecule has 2 aromatic carbocycles. The van der Waals surface area contributed by atoms with Gasteiger partial charge in [0.1, 0.15) is 6.07 Å². The summed E-state index contributed by atoms with van der Waals surface area (Å²) >= 11 is 5.90. The van der Waals surface area contributed by atoms with Crippen LogP contribution in [0.4, 0.5) is 5.69 Å². The number of amides is 1. The number of nitrogens with one attached hydrogen (secondary N) is 1. The van der Waals surface area contributed by atoms with E-state index in [1.807, 2.05) is 18.2 Å². The zero-order valence-electron chi connectivity index (χ0n) is 13.9. The van der Waals surface area contributed by atoms with Gasteiger partial charge >= 0.3 is 5.97 Å². The highest BCUT2D eigenvalue weighted by atomic mass is 35.5. The summed E-state index contributed by atoms with van der Waals surface area (Å²) in [6.07, 6.45) is 0. The number of carbonyl (C=O) groups excluding carboxylic acids is 2. The smallest absolute Gasteiger partial charge is 0.338 e. The molecular formula is C19H17ClN2O3. The summed E-state index contributed by atoms with van der Waals surface area (Å²) in [5.74, 6) is -0.689. The third kappa shape index (κ3) is 5.07. The van der Waals surface area contributed by atoms with E-state index < -0.39 is 18.5 Å². The molecule has 5 nitrogen and oxygen atoms in total. The average molecular weight is 357 g/mol. The number of esters is 1. The van der Waals surface area contributed by atoms with Crippen LogP contribution in [0.15, 0.2) is 42.5 Å². The van der Waals surface area contributed by atoms with Crippen LogP contribution in [-0.4, -0.2) is 18.5 Å². The van der Waals surface area contributed by atoms with Crippen molar-refractivity contribution in [3.63, 3.8) is 0 Å². The lowest BCUT2D eigenvalue weighted by Crippen LogP contribution is -2.21. The molecule has 0 aliphatic heterocycles. The van der Waals surface area contributed by atoms with Crippen molar-refractivity contribution in [1.29, 1.82) is 5.26 Å². The topological polar surface area (TPSA) is 79.2 Å². The highest BCUT2D eigenvalue weighted by Crippen LogP contribution is 2.20. The third-order valence-electron chi connectivity index (χ3n) is 3.52. The zero-order chi connectivity index (χ0) is 18.4. The molecule has 25 heavy (non-hydrogen) atoms. The number of ether oxygens (including phenoxy) is 1. The third-order valence-corrected chi connectivity index (χ3v) is 3.83. The van der Waals surface area contributed by atoms with Gasteiger partial charge in [-0.3, -0.25) is 4.79 Å². The number of benzene rings is 2. The summed E-state index contributed by atoms with van der Waals surface area (Å²) in [5, 5.41) is 11.6. The minimum Gasteiger partial charge on any atom is -0.452 e. The van der Waals surface area contributed by atoms with Gasteiger partial charge in [-0.2, -0.15) is 5.26 Å². The molecule has 0 radical (unpaired) electrons. The molecule has 0 unspecified atom stereocenters. The SMILES string of the molecule is CC(C)c1ccc(C(=O)OCC(=O)Nc2ccc(C#N)c(Cl)c2)cc1. The molecule has 0 spiro atoms. The van der Waals surface area contributed by atoms with E-state index in [9.17, 15) is 9.59 Å². The first-order valence-electron chi connectivity index (χ1n) is 7.67. The monoisotopic (exact) mass is 356 g/mol. The lowest BCUT2D eigenvalue weighted by atomic mass is 10.0. The normalized spacial score (nSPS) is 10.2. The van der Waals surface area contributed by atoms with Crippen LogP contribution in [0.2, 0.25) is 5.02 Å². The van der Waals surface area contributed by atoms with Gasteiger partial charge in [0.15, 0.2) is 6.61 Å². The molecule has 0 aliphatic carbocycles. The molecule has 1 amide bonds. The van der Waals surface area contributed by atoms with E-state index in [1.165, 1.54) is 12.1 Å². The molecule has 0 saturated heterocycles. The molecule has 0 heterocycles. The van der Waals surface area contributed by atoms with Crippen LogP contribution < -0.4 is 5.32 Å². The maximum atomic E-state index is 12.0. The van der Waals surface area contributed by atoms with Crippen molar-refractivity contribution in [2.24, 2.45) is 0 Å². The lowest BCUT2D eigenvalue weighted by Gasteiger charge is -2.08. The Hall–Kier alpha value is -2.84. The van der Waals surface area contributed by atoms with Gasteiger partial charge < -0.3 is 10.1 Å². The van der Waals surface area contributed by atoms with Gasteiger partial charge in [0, 0.05) is 5.69 Å². The van der Waals surface area contributed by atoms with Gasteiger partial charge in [0.25, 0.3) is 5.91 Å². The Morgan fingerprint density at radius 2 is 1.88 bits per heavy atom. The van der Waals surface area contributed by atoms with Crippen molar-refractivity contribution < 1.29 is 14.3 Å². The maximum absolute atomic E-state index is 12.0. The highest BCUT2D eigenvalue weighted by molar-refractivity contribution is 6.32. The molecule has 0 fully saturated rings. The van der Waals surface area contributed by atoms with Gasteiger partial charge in [-0.15, -0.1) is 0 Å². The molecule has 0 aromatic heterocycles. The Labute approximate surface area is 151 Å². The molecular weight excluding hydrogens is 340 g/mol. The van der Waals surface area contributed by atoms with E-state index in [1.54, 1.807) is 18.2 Å². The summed E-state index contributed by atoms with van der Waals surface area (Å²) in [5.41, 5.74) is 2.24. The summed E-state index contributed by atoms with van der Waals surface area (Å²) < 4.78 is 5.00. The summed E-state index contributed by atoms with van der Waals surface area (Å²) in [6.45, 7) is 3.71. The number of rotatable bonds is 5. The van der Waals surface area contributed by atoms with Crippen LogP contribution >= 0.6 is 11.6 Å². The average Bonchev–Trinajstić information content (AvgIpc) is 2.60. The molecule has 0 bridgehead atoms. The van der Waals surface area contributed by atoms with Gasteiger partial charge in [-0.25, -0.2) is 4.79 Å². The number of carbonyl (C=O) groups is 2. The van der Waals surface area contributed by atoms with E-state index in [4.69, 9.17) is 21.6 Å². The Balaban J connectivity index is 1.90. The predicted octanol–water partition coefficient (Wildman–Crippen LogP) is 4.13. The molecule has 6 heteroatoms. The number of nitriles is 1. The first kappa shape index (κ1) is 18.5. The number of halogens is 1. The Kier molecular flexibility index (Phi) is 6.15. The van der Waals surface area contributed by atoms with E-state index in [0.717, 1.165) is 5.56 Å². The molecule has 2 aromatic rings. The summed E-state index contributed by atoms with van der Waals surface area (Å²) in [6, 6.07) is 13.5. The van der Waals surface area contributed by atoms with Gasteiger partial charge in [0.05, 0.1) is 16.1 Å². The minimum absolute atomic E-state index is 0.238. The Bertz CT molecular complexity index is 824. The highest BCUT2D eigenvalue weighted by Gasteiger charge is 2.11. The quantitative estimate of drug-likeness (QED) is 0.817. The van der Waals surface area contributed by atoms with Crippen LogP contribution in [-0.2, 0) is 9.53 Å². The summed E-state index contributed by atoms with van der Waals surface area (Å²) in [7, 11) is 0. The van der Waals surface area contributed by atoms with Crippen LogP contribution in [0, 0.1) is 11.3 Å². The molecule has 2 rings (SSSR count). The fourth-order valence-electron chi connectivity index (χ4n) is 2.10. The van der Waals surface area contributed by atoms with Crippen molar-refractivity contribution >= 4 is 29.2 Å². The Morgan fingerprint density at radius 3 is 2.44 bits per heavy atom. The maximum Gasteiger partial charge on any atom is 0.338 e. The largest absolute Gasteiger partial charge is 0.452 e. The van der Waals surface area contributed by atoms with Gasteiger partial charge in [-0.05, 0) is 41.8 Å². The first-order chi connectivity index (χ1) is 11.9. The van der Waals surface area contributed by atoms with E-state index in [-0.39, 0.29) is 5.02 Å². The second-order valence-corrected chi connectivity index (χ2v) is 6.11. The van der Waals surface area contributed by atoms with E-state index >= 15 is 0 Å². The lowest BCUT2D eigenvalue weighted by molar-refractivity contribution is -0.119. The fourth-order valence-corrected chi connectivity index (χ4v) is 2.32. The van der Waals surface area contributed by atoms with Crippen LogP contribution in [0.3, 0.4) is 0 Å². The summed E-state index contributed by atoms with van der Waals surface area (Å²) in [4.78, 5) is 23.8. The van der Waals surface area contributed by atoms with Crippen molar-refractivity contribution in [1.82, 2.24) is 0 Å². The molecule has 0 saturated carbocycles. The molecule has 0 atom stereocenters.